The van der Waals surface area contributed by atoms with E-state index in [1.165, 1.54) is 19.2 Å². The maximum atomic E-state index is 13.4. The summed E-state index contributed by atoms with van der Waals surface area (Å²) in [6.07, 6.45) is 0.574. The average Bonchev–Trinajstić information content (AvgIpc) is 3.11. The summed E-state index contributed by atoms with van der Waals surface area (Å²) in [5.74, 6) is -1.05. The summed E-state index contributed by atoms with van der Waals surface area (Å²) >= 11 is 0. The van der Waals surface area contributed by atoms with Gasteiger partial charge in [0.15, 0.2) is 0 Å². The molecule has 1 saturated heterocycles. The number of aryl methyl sites for hydroxylation is 1. The van der Waals surface area contributed by atoms with Gasteiger partial charge >= 0.3 is 5.97 Å². The van der Waals surface area contributed by atoms with Gasteiger partial charge in [0.1, 0.15) is 11.5 Å². The molecule has 0 spiro atoms. The van der Waals surface area contributed by atoms with E-state index in [4.69, 9.17) is 9.47 Å². The van der Waals surface area contributed by atoms with E-state index in [9.17, 15) is 14.0 Å². The van der Waals surface area contributed by atoms with E-state index < -0.39 is 5.97 Å². The molecule has 7 nitrogen and oxygen atoms in total. The van der Waals surface area contributed by atoms with Crippen LogP contribution in [0.4, 0.5) is 4.39 Å². The fourth-order valence-corrected chi connectivity index (χ4v) is 3.84. The highest BCUT2D eigenvalue weighted by Crippen LogP contribution is 2.23. The summed E-state index contributed by atoms with van der Waals surface area (Å²) in [6, 6.07) is 6.23. The topological polar surface area (TPSA) is 83.7 Å². The number of aromatic amines is 1. The number of halogens is 1. The van der Waals surface area contributed by atoms with Crippen LogP contribution in [0.2, 0.25) is 0 Å². The normalized spacial score (nSPS) is 15.6. The number of benzene rings is 1. The van der Waals surface area contributed by atoms with Crippen LogP contribution in [0.1, 0.15) is 50.6 Å². The number of carbonyl (C=O) groups excluding carboxylic acids is 2. The smallest absolute Gasteiger partial charge is 0.339 e. The highest BCUT2D eigenvalue weighted by Gasteiger charge is 2.26. The van der Waals surface area contributed by atoms with E-state index >= 15 is 0 Å². The Kier molecular flexibility index (Phi) is 7.23. The van der Waals surface area contributed by atoms with Gasteiger partial charge in [-0.15, -0.1) is 0 Å². The highest BCUT2D eigenvalue weighted by atomic mass is 19.1. The number of rotatable bonds is 7. The van der Waals surface area contributed by atoms with Crippen molar-refractivity contribution >= 4 is 11.9 Å². The van der Waals surface area contributed by atoms with Crippen LogP contribution in [0, 0.1) is 12.7 Å². The second kappa shape index (κ2) is 9.86. The average molecular weight is 417 g/mol. The molecule has 0 unspecified atom stereocenters. The Labute approximate surface area is 175 Å². The summed E-state index contributed by atoms with van der Waals surface area (Å²) in [6.45, 7) is 6.67. The van der Waals surface area contributed by atoms with E-state index in [0.717, 1.165) is 18.7 Å². The number of esters is 1. The van der Waals surface area contributed by atoms with Crippen LogP contribution in [-0.4, -0.2) is 61.7 Å². The number of morpholine rings is 1. The van der Waals surface area contributed by atoms with Crippen LogP contribution in [0.5, 0.6) is 0 Å². The van der Waals surface area contributed by atoms with Crippen molar-refractivity contribution < 1.29 is 23.5 Å². The maximum Gasteiger partial charge on any atom is 0.339 e. The summed E-state index contributed by atoms with van der Waals surface area (Å²) in [5.41, 5.74) is 2.93. The van der Waals surface area contributed by atoms with Gasteiger partial charge in [0.05, 0.1) is 31.9 Å². The molecule has 0 saturated carbocycles. The standard InChI is InChI=1S/C22H28FN3O4/c1-4-17-19(22(28)29-3)14(2)20(25-17)21(27)24-13-18(26-9-11-30-12-10-26)15-5-7-16(23)8-6-15/h5-8,18,25H,4,9-13H2,1-3H3,(H,24,27)/t18-/m1/s1. The van der Waals surface area contributed by atoms with Crippen LogP contribution < -0.4 is 5.32 Å². The van der Waals surface area contributed by atoms with Crippen molar-refractivity contribution in [3.8, 4) is 0 Å². The molecule has 0 radical (unpaired) electrons. The van der Waals surface area contributed by atoms with Crippen LogP contribution in [-0.2, 0) is 15.9 Å². The Balaban J connectivity index is 1.80. The minimum atomic E-state index is -0.461. The molecule has 162 valence electrons. The first-order chi connectivity index (χ1) is 14.5. The molecule has 3 rings (SSSR count). The summed E-state index contributed by atoms with van der Waals surface area (Å²) in [4.78, 5) is 30.3. The number of aromatic nitrogens is 1. The predicted molar refractivity (Wildman–Crippen MR) is 110 cm³/mol. The number of ether oxygens (including phenoxy) is 2. The second-order valence-electron chi connectivity index (χ2n) is 7.25. The minimum absolute atomic E-state index is 0.112. The van der Waals surface area contributed by atoms with E-state index in [0.29, 0.717) is 48.7 Å². The van der Waals surface area contributed by atoms with Crippen LogP contribution in [0.25, 0.3) is 0 Å². The molecule has 1 amide bonds. The number of nitrogens with zero attached hydrogens (tertiary/aromatic N) is 1. The van der Waals surface area contributed by atoms with Gasteiger partial charge in [0, 0.05) is 25.3 Å². The fourth-order valence-electron chi connectivity index (χ4n) is 3.84. The van der Waals surface area contributed by atoms with Crippen molar-refractivity contribution in [2.45, 2.75) is 26.3 Å². The van der Waals surface area contributed by atoms with Gasteiger partial charge in [-0.1, -0.05) is 19.1 Å². The first-order valence-electron chi connectivity index (χ1n) is 10.1. The second-order valence-corrected chi connectivity index (χ2v) is 7.25. The molecule has 1 aromatic carbocycles. The van der Waals surface area contributed by atoms with E-state index in [1.54, 1.807) is 19.1 Å². The van der Waals surface area contributed by atoms with E-state index in [-0.39, 0.29) is 17.8 Å². The lowest BCUT2D eigenvalue weighted by atomic mass is 10.0. The molecule has 2 heterocycles. The number of methoxy groups -OCH3 is 1. The van der Waals surface area contributed by atoms with Crippen molar-refractivity contribution in [1.82, 2.24) is 15.2 Å². The van der Waals surface area contributed by atoms with E-state index in [2.05, 4.69) is 15.2 Å². The van der Waals surface area contributed by atoms with Crippen molar-refractivity contribution in [2.75, 3.05) is 40.0 Å². The van der Waals surface area contributed by atoms with Crippen molar-refractivity contribution in [3.63, 3.8) is 0 Å². The SMILES string of the molecule is CCc1[nH]c(C(=O)NC[C@H](c2ccc(F)cc2)N2CCOCC2)c(C)c1C(=O)OC. The molecule has 1 atom stereocenters. The number of H-pyrrole nitrogens is 1. The van der Waals surface area contributed by atoms with Gasteiger partial charge in [-0.25, -0.2) is 9.18 Å². The molecule has 8 heteroatoms. The molecule has 30 heavy (non-hydrogen) atoms. The summed E-state index contributed by atoms with van der Waals surface area (Å²) in [7, 11) is 1.32. The zero-order chi connectivity index (χ0) is 21.7. The van der Waals surface area contributed by atoms with Crippen LogP contribution in [0.3, 0.4) is 0 Å². The third kappa shape index (κ3) is 4.71. The van der Waals surface area contributed by atoms with E-state index in [1.807, 2.05) is 6.92 Å². The lowest BCUT2D eigenvalue weighted by Crippen LogP contribution is -2.44. The monoisotopic (exact) mass is 417 g/mol. The zero-order valence-corrected chi connectivity index (χ0v) is 17.6. The van der Waals surface area contributed by atoms with Crippen molar-refractivity contribution in [3.05, 3.63) is 58.2 Å². The van der Waals surface area contributed by atoms with Crippen molar-refractivity contribution in [2.24, 2.45) is 0 Å². The number of carbonyl (C=O) groups is 2. The molecule has 1 aromatic heterocycles. The van der Waals surface area contributed by atoms with Gasteiger partial charge in [-0.2, -0.15) is 0 Å². The number of hydrogen-bond acceptors (Lipinski definition) is 5. The Morgan fingerprint density at radius 1 is 1.27 bits per heavy atom. The van der Waals surface area contributed by atoms with Gasteiger partial charge < -0.3 is 19.8 Å². The molecule has 0 aliphatic carbocycles. The molecular weight excluding hydrogens is 389 g/mol. The molecule has 2 N–H and O–H groups in total. The summed E-state index contributed by atoms with van der Waals surface area (Å²) < 4.78 is 23.7. The molecule has 1 fully saturated rings. The zero-order valence-electron chi connectivity index (χ0n) is 17.6. The van der Waals surface area contributed by atoms with Crippen LogP contribution >= 0.6 is 0 Å². The Bertz CT molecular complexity index is 889. The summed E-state index contributed by atoms with van der Waals surface area (Å²) in [5, 5.41) is 2.97. The highest BCUT2D eigenvalue weighted by molar-refractivity contribution is 6.00. The molecule has 0 bridgehead atoms. The third-order valence-electron chi connectivity index (χ3n) is 5.49. The molecule has 2 aromatic rings. The molecular formula is C22H28FN3O4. The number of amides is 1. The number of hydrogen-bond donors (Lipinski definition) is 2. The van der Waals surface area contributed by atoms with Crippen molar-refractivity contribution in [1.29, 1.82) is 0 Å². The largest absolute Gasteiger partial charge is 0.465 e. The number of nitrogens with one attached hydrogen (secondary N) is 2. The quantitative estimate of drug-likeness (QED) is 0.677. The Hall–Kier alpha value is -2.71. The van der Waals surface area contributed by atoms with Crippen LogP contribution in [0.15, 0.2) is 24.3 Å². The first kappa shape index (κ1) is 22.0. The van der Waals surface area contributed by atoms with Gasteiger partial charge in [0.2, 0.25) is 0 Å². The third-order valence-corrected chi connectivity index (χ3v) is 5.49. The fraction of sp³-hybridized carbons (Fsp3) is 0.455. The Morgan fingerprint density at radius 2 is 1.93 bits per heavy atom. The van der Waals surface area contributed by atoms with Gasteiger partial charge in [-0.3, -0.25) is 9.69 Å². The van der Waals surface area contributed by atoms with Gasteiger partial charge in [-0.05, 0) is 36.6 Å². The van der Waals surface area contributed by atoms with Gasteiger partial charge in [0.25, 0.3) is 5.91 Å². The maximum absolute atomic E-state index is 13.4. The minimum Gasteiger partial charge on any atom is -0.465 e. The lowest BCUT2D eigenvalue weighted by molar-refractivity contribution is 0.0162. The molecule has 1 aliphatic rings. The molecule has 1 aliphatic heterocycles. The predicted octanol–water partition coefficient (Wildman–Crippen LogP) is 2.61. The lowest BCUT2D eigenvalue weighted by Gasteiger charge is -2.35. The Morgan fingerprint density at radius 3 is 2.53 bits per heavy atom. The first-order valence-corrected chi connectivity index (χ1v) is 10.1.